The first-order valence-corrected chi connectivity index (χ1v) is 22.7. The van der Waals surface area contributed by atoms with Gasteiger partial charge in [-0.15, -0.1) is 0 Å². The highest BCUT2D eigenvalue weighted by Crippen LogP contribution is 2.38. The van der Waals surface area contributed by atoms with Crippen LogP contribution in [0.25, 0.3) is 0 Å². The average molecular weight is 866 g/mol. The van der Waals surface area contributed by atoms with Crippen LogP contribution < -0.4 is 25.6 Å². The monoisotopic (exact) mass is 865 g/mol. The highest BCUT2D eigenvalue weighted by atomic mass is 32.2. The van der Waals surface area contributed by atoms with Crippen molar-refractivity contribution in [2.45, 2.75) is 89.3 Å². The van der Waals surface area contributed by atoms with Crippen molar-refractivity contribution in [1.82, 2.24) is 25.1 Å². The van der Waals surface area contributed by atoms with E-state index in [4.69, 9.17) is 0 Å². The summed E-state index contributed by atoms with van der Waals surface area (Å²) in [5, 5.41) is 12.0. The van der Waals surface area contributed by atoms with Crippen LogP contribution in [0.5, 0.6) is 0 Å². The van der Waals surface area contributed by atoms with E-state index in [2.05, 4.69) is 36.1 Å². The van der Waals surface area contributed by atoms with Crippen molar-refractivity contribution >= 4 is 68.2 Å². The Hall–Kier alpha value is -5.94. The lowest BCUT2D eigenvalue weighted by Crippen LogP contribution is -2.54. The number of fused-ring (bicyclic) bond motifs is 2. The second kappa shape index (κ2) is 17.1. The van der Waals surface area contributed by atoms with Crippen LogP contribution in [-0.4, -0.2) is 95.3 Å². The van der Waals surface area contributed by atoms with Gasteiger partial charge in [-0.05, 0) is 139 Å². The van der Waals surface area contributed by atoms with Crippen LogP contribution in [0.3, 0.4) is 0 Å². The first-order chi connectivity index (χ1) is 29.6. The molecular formula is C45H52FN9O6S. The van der Waals surface area contributed by atoms with Crippen LogP contribution in [0, 0.1) is 12.7 Å². The van der Waals surface area contributed by atoms with Crippen molar-refractivity contribution in [2.75, 3.05) is 53.0 Å². The number of amides is 4. The number of anilines is 6. The summed E-state index contributed by atoms with van der Waals surface area (Å²) in [6.45, 7) is 10.5. The third-order valence-electron chi connectivity index (χ3n) is 12.2. The molecule has 1 unspecified atom stereocenters. The molecular weight excluding hydrogens is 814 g/mol. The number of rotatable bonds is 13. The van der Waals surface area contributed by atoms with Gasteiger partial charge in [-0.1, -0.05) is 18.2 Å². The predicted octanol–water partition coefficient (Wildman–Crippen LogP) is 6.38. The SMILES string of the molecule is Cc1cnc(Nc2ccc(C3CCN(CCCCNc4cccc5c4C(=O)N(C4CCC(=O)NC4=O)C5=O)CC3)c(F)c2)nc1Nc1ccc2c(c1)N(S(=O)(=O)C(C)(C)C)CC2. The van der Waals surface area contributed by atoms with Crippen molar-refractivity contribution in [3.63, 3.8) is 0 Å². The van der Waals surface area contributed by atoms with Gasteiger partial charge in [0.2, 0.25) is 27.8 Å². The van der Waals surface area contributed by atoms with Gasteiger partial charge < -0.3 is 20.9 Å². The highest BCUT2D eigenvalue weighted by Gasteiger charge is 2.45. The normalized spacial score (nSPS) is 18.5. The Morgan fingerprint density at radius 3 is 2.39 bits per heavy atom. The van der Waals surface area contributed by atoms with Gasteiger partial charge >= 0.3 is 0 Å². The molecule has 3 aromatic carbocycles. The largest absolute Gasteiger partial charge is 0.384 e. The summed E-state index contributed by atoms with van der Waals surface area (Å²) in [5.41, 5.74) is 5.37. The molecule has 62 heavy (non-hydrogen) atoms. The average Bonchev–Trinajstić information content (AvgIpc) is 3.77. The Balaban J connectivity index is 0.806. The zero-order chi connectivity index (χ0) is 43.9. The molecule has 4 N–H and O–H groups in total. The first kappa shape index (κ1) is 42.7. The summed E-state index contributed by atoms with van der Waals surface area (Å²) in [6, 6.07) is 14.9. The van der Waals surface area contributed by atoms with E-state index in [1.165, 1.54) is 10.4 Å². The molecule has 17 heteroatoms. The number of sulfonamides is 1. The maximum atomic E-state index is 15.6. The number of halogens is 1. The van der Waals surface area contributed by atoms with E-state index in [1.54, 1.807) is 45.2 Å². The molecule has 1 atom stereocenters. The van der Waals surface area contributed by atoms with Crippen LogP contribution in [0.1, 0.15) is 103 Å². The van der Waals surface area contributed by atoms with E-state index in [0.717, 1.165) is 61.3 Å². The molecule has 0 bridgehead atoms. The zero-order valence-corrected chi connectivity index (χ0v) is 36.2. The number of aromatic nitrogens is 2. The van der Waals surface area contributed by atoms with Crippen LogP contribution >= 0.6 is 0 Å². The van der Waals surface area contributed by atoms with Gasteiger partial charge in [0.25, 0.3) is 11.8 Å². The second-order valence-corrected chi connectivity index (χ2v) is 20.0. The molecule has 0 radical (unpaired) electrons. The minimum Gasteiger partial charge on any atom is -0.384 e. The summed E-state index contributed by atoms with van der Waals surface area (Å²) in [6.07, 6.45) is 5.89. The standard InChI is InChI=1S/C45H52FN9O6S/c1-27-26-48-44(52-40(27)49-31-11-10-29-18-23-54(37(29)25-31)62(60,61)45(2,3)4)50-30-12-13-32(34(46)24-30)28-16-21-53(22-17-28)20-6-5-19-47-35-9-7-8-33-39(35)43(59)55(42(33)58)36-14-15-38(56)51-41(36)57/h7-13,24-26,28,36,47H,5-6,14-23H2,1-4H3,(H,51,56,57)(H2,48,49,50,52). The zero-order valence-electron chi connectivity index (χ0n) is 35.4. The number of hydrogen-bond acceptors (Lipinski definition) is 12. The predicted molar refractivity (Wildman–Crippen MR) is 235 cm³/mol. The van der Waals surface area contributed by atoms with Gasteiger partial charge in [-0.25, -0.2) is 17.8 Å². The Labute approximate surface area is 360 Å². The van der Waals surface area contributed by atoms with Gasteiger partial charge in [0, 0.05) is 48.3 Å². The van der Waals surface area contributed by atoms with Gasteiger partial charge in [0.05, 0.1) is 21.6 Å². The molecule has 0 spiro atoms. The summed E-state index contributed by atoms with van der Waals surface area (Å²) < 4.78 is 42.8. The quantitative estimate of drug-likeness (QED) is 0.0861. The van der Waals surface area contributed by atoms with E-state index in [-0.39, 0.29) is 35.7 Å². The molecule has 2 fully saturated rings. The topological polar surface area (TPSA) is 186 Å². The van der Waals surface area contributed by atoms with E-state index in [9.17, 15) is 27.6 Å². The van der Waals surface area contributed by atoms with E-state index < -0.39 is 44.4 Å². The summed E-state index contributed by atoms with van der Waals surface area (Å²) in [4.78, 5) is 63.0. The summed E-state index contributed by atoms with van der Waals surface area (Å²) >= 11 is 0. The number of benzene rings is 3. The van der Waals surface area contributed by atoms with E-state index in [1.807, 2.05) is 37.3 Å². The van der Waals surface area contributed by atoms with Gasteiger partial charge in [0.15, 0.2) is 0 Å². The van der Waals surface area contributed by atoms with Crippen LogP contribution in [0.15, 0.2) is 60.8 Å². The Morgan fingerprint density at radius 1 is 0.887 bits per heavy atom. The Morgan fingerprint density at radius 2 is 1.65 bits per heavy atom. The number of aryl methyl sites for hydroxylation is 1. The fraction of sp³-hybridized carbons (Fsp3) is 0.422. The minimum atomic E-state index is -3.56. The van der Waals surface area contributed by atoms with Crippen molar-refractivity contribution in [1.29, 1.82) is 0 Å². The molecule has 15 nitrogen and oxygen atoms in total. The number of carbonyl (C=O) groups excluding carboxylic acids is 4. The molecule has 1 aromatic heterocycles. The lowest BCUT2D eigenvalue weighted by Gasteiger charge is -2.32. The van der Waals surface area contributed by atoms with Gasteiger partial charge in [-0.2, -0.15) is 4.98 Å². The van der Waals surface area contributed by atoms with E-state index in [0.29, 0.717) is 59.6 Å². The van der Waals surface area contributed by atoms with Crippen molar-refractivity contribution in [3.8, 4) is 0 Å². The molecule has 5 heterocycles. The second-order valence-electron chi connectivity index (χ2n) is 17.4. The number of imide groups is 2. The molecule has 2 saturated heterocycles. The number of nitrogens with one attached hydrogen (secondary N) is 4. The lowest BCUT2D eigenvalue weighted by atomic mass is 9.89. The van der Waals surface area contributed by atoms with Crippen molar-refractivity contribution < 1.29 is 32.0 Å². The smallest absolute Gasteiger partial charge is 0.264 e. The number of likely N-dealkylation sites (tertiary alicyclic amines) is 1. The molecule has 4 aliphatic rings. The molecule has 4 aromatic rings. The number of nitrogens with zero attached hydrogens (tertiary/aromatic N) is 5. The van der Waals surface area contributed by atoms with E-state index >= 15 is 4.39 Å². The molecule has 4 aliphatic heterocycles. The number of hydrogen-bond donors (Lipinski definition) is 4. The maximum absolute atomic E-state index is 15.6. The van der Waals surface area contributed by atoms with Crippen molar-refractivity contribution in [3.05, 3.63) is 94.4 Å². The molecule has 326 valence electrons. The number of carbonyl (C=O) groups is 4. The molecule has 0 aliphatic carbocycles. The van der Waals surface area contributed by atoms with Crippen molar-refractivity contribution in [2.24, 2.45) is 0 Å². The minimum absolute atomic E-state index is 0.0665. The fourth-order valence-electron chi connectivity index (χ4n) is 8.65. The third kappa shape index (κ3) is 8.47. The Kier molecular flexibility index (Phi) is 11.8. The van der Waals surface area contributed by atoms with Gasteiger partial charge in [-0.3, -0.25) is 33.7 Å². The summed E-state index contributed by atoms with van der Waals surface area (Å²) in [5.74, 6) is -1.47. The lowest BCUT2D eigenvalue weighted by molar-refractivity contribution is -0.136. The number of unbranched alkanes of at least 4 members (excludes halogenated alkanes) is 1. The molecule has 0 saturated carbocycles. The van der Waals surface area contributed by atoms with Gasteiger partial charge in [0.1, 0.15) is 17.7 Å². The first-order valence-electron chi connectivity index (χ1n) is 21.2. The molecule has 8 rings (SSSR count). The third-order valence-corrected chi connectivity index (χ3v) is 14.7. The Bertz CT molecular complexity index is 2550. The number of piperidine rings is 2. The fourth-order valence-corrected chi connectivity index (χ4v) is 10.1. The maximum Gasteiger partial charge on any atom is 0.264 e. The van der Waals surface area contributed by atoms with Crippen LogP contribution in [0.2, 0.25) is 0 Å². The molecule has 4 amide bonds. The highest BCUT2D eigenvalue weighted by molar-refractivity contribution is 7.94. The summed E-state index contributed by atoms with van der Waals surface area (Å²) in [7, 11) is -3.56. The van der Waals surface area contributed by atoms with Crippen LogP contribution in [-0.2, 0) is 26.0 Å². The van der Waals surface area contributed by atoms with Crippen LogP contribution in [0.4, 0.5) is 38.9 Å².